The number of ether oxygens (including phenoxy) is 1. The molecule has 0 aliphatic carbocycles. The number of hydrogen-bond acceptors (Lipinski definition) is 5. The molecule has 0 atom stereocenters. The van der Waals surface area contributed by atoms with Crippen LogP contribution in [0.15, 0.2) is 35.1 Å². The van der Waals surface area contributed by atoms with Gasteiger partial charge in [0.1, 0.15) is 5.75 Å². The zero-order valence-corrected chi connectivity index (χ0v) is 12.3. The first kappa shape index (κ1) is 17.4. The molecule has 0 unspecified atom stereocenters. The molecule has 24 heavy (non-hydrogen) atoms. The largest absolute Gasteiger partial charge is 0.507 e. The van der Waals surface area contributed by atoms with Crippen molar-refractivity contribution in [3.63, 3.8) is 0 Å². The van der Waals surface area contributed by atoms with Gasteiger partial charge in [0.05, 0.1) is 19.2 Å². The normalized spacial score (nSPS) is 11.3. The van der Waals surface area contributed by atoms with E-state index in [1.807, 2.05) is 0 Å². The van der Waals surface area contributed by atoms with Gasteiger partial charge in [-0.05, 0) is 11.6 Å². The van der Waals surface area contributed by atoms with E-state index >= 15 is 0 Å². The molecule has 1 aromatic carbocycles. The second kappa shape index (κ2) is 6.26. The van der Waals surface area contributed by atoms with E-state index in [0.717, 1.165) is 19.2 Å². The van der Waals surface area contributed by atoms with E-state index in [4.69, 9.17) is 0 Å². The fraction of sp³-hybridized carbons (Fsp3) is 0.200. The Balaban J connectivity index is 2.61. The second-order valence-corrected chi connectivity index (χ2v) is 4.80. The van der Waals surface area contributed by atoms with E-state index in [0.29, 0.717) is 10.6 Å². The quantitative estimate of drug-likeness (QED) is 0.834. The number of halogens is 3. The Labute approximate surface area is 133 Å². The van der Waals surface area contributed by atoms with Crippen molar-refractivity contribution in [2.45, 2.75) is 12.7 Å². The maximum atomic E-state index is 13.0. The second-order valence-electron chi connectivity index (χ2n) is 4.80. The van der Waals surface area contributed by atoms with Crippen LogP contribution in [0, 0.1) is 0 Å². The van der Waals surface area contributed by atoms with Crippen LogP contribution in [-0.2, 0) is 17.5 Å². The number of methoxy groups -OCH3 is 1. The van der Waals surface area contributed by atoms with Crippen molar-refractivity contribution in [3.05, 3.63) is 57.4 Å². The van der Waals surface area contributed by atoms with E-state index < -0.39 is 47.0 Å². The summed E-state index contributed by atoms with van der Waals surface area (Å²) in [5.41, 5.74) is -2.95. The lowest BCUT2D eigenvalue weighted by Crippen LogP contribution is -2.23. The van der Waals surface area contributed by atoms with Gasteiger partial charge in [0, 0.05) is 6.07 Å². The minimum Gasteiger partial charge on any atom is -0.507 e. The van der Waals surface area contributed by atoms with Crippen LogP contribution in [0.1, 0.15) is 21.5 Å². The van der Waals surface area contributed by atoms with Gasteiger partial charge in [0.25, 0.3) is 5.56 Å². The number of esters is 1. The summed E-state index contributed by atoms with van der Waals surface area (Å²) in [6.07, 6.45) is -4.65. The van der Waals surface area contributed by atoms with E-state index in [-0.39, 0.29) is 5.56 Å². The highest BCUT2D eigenvalue weighted by molar-refractivity contribution is 5.94. The molecule has 2 N–H and O–H groups in total. The third kappa shape index (κ3) is 3.19. The van der Waals surface area contributed by atoms with Gasteiger partial charge < -0.3 is 14.9 Å². The molecule has 9 heteroatoms. The number of alkyl halides is 3. The summed E-state index contributed by atoms with van der Waals surface area (Å²) >= 11 is 0. The van der Waals surface area contributed by atoms with Gasteiger partial charge in [-0.3, -0.25) is 9.36 Å². The topological polar surface area (TPSA) is 88.8 Å². The average molecular weight is 343 g/mol. The molecule has 0 radical (unpaired) electrons. The standard InChI is InChI=1S/C15H12F3NO5/c1-24-14(23)12-10(20)6-11(21)19(13(12)22)7-8-4-2-3-5-9(8)15(16,17)18/h2-6,20,22H,7H2,1H3. The van der Waals surface area contributed by atoms with Crippen molar-refractivity contribution in [1.82, 2.24) is 4.57 Å². The highest BCUT2D eigenvalue weighted by atomic mass is 19.4. The maximum absolute atomic E-state index is 13.0. The fourth-order valence-corrected chi connectivity index (χ4v) is 2.18. The first-order valence-electron chi connectivity index (χ1n) is 6.56. The average Bonchev–Trinajstić information content (AvgIpc) is 2.50. The van der Waals surface area contributed by atoms with Crippen molar-refractivity contribution in [2.24, 2.45) is 0 Å². The van der Waals surface area contributed by atoms with Crippen molar-refractivity contribution >= 4 is 5.97 Å². The summed E-state index contributed by atoms with van der Waals surface area (Å²) in [6, 6.07) is 5.11. The zero-order chi connectivity index (χ0) is 18.1. The Morgan fingerprint density at radius 2 is 1.88 bits per heavy atom. The lowest BCUT2D eigenvalue weighted by atomic mass is 10.1. The van der Waals surface area contributed by atoms with E-state index in [1.54, 1.807) is 0 Å². The monoisotopic (exact) mass is 343 g/mol. The number of rotatable bonds is 3. The fourth-order valence-electron chi connectivity index (χ4n) is 2.18. The van der Waals surface area contributed by atoms with Gasteiger partial charge in [-0.25, -0.2) is 4.79 Å². The van der Waals surface area contributed by atoms with E-state index in [1.165, 1.54) is 12.1 Å². The highest BCUT2D eigenvalue weighted by Gasteiger charge is 2.33. The van der Waals surface area contributed by atoms with Gasteiger partial charge in [-0.15, -0.1) is 0 Å². The summed E-state index contributed by atoms with van der Waals surface area (Å²) < 4.78 is 43.9. The van der Waals surface area contributed by atoms with Gasteiger partial charge in [-0.2, -0.15) is 13.2 Å². The maximum Gasteiger partial charge on any atom is 0.416 e. The number of carbonyl (C=O) groups is 1. The van der Waals surface area contributed by atoms with Crippen LogP contribution in [0.3, 0.4) is 0 Å². The molecule has 6 nitrogen and oxygen atoms in total. The number of aromatic nitrogens is 1. The molecule has 0 aliphatic heterocycles. The molecule has 2 rings (SSSR count). The number of pyridine rings is 1. The molecule has 0 spiro atoms. The van der Waals surface area contributed by atoms with Gasteiger partial charge in [0.15, 0.2) is 5.56 Å². The van der Waals surface area contributed by atoms with Crippen LogP contribution in [0.25, 0.3) is 0 Å². The Hall–Kier alpha value is -2.97. The summed E-state index contributed by atoms with van der Waals surface area (Å²) in [5, 5.41) is 19.6. The van der Waals surface area contributed by atoms with Crippen molar-refractivity contribution in [3.8, 4) is 11.6 Å². The van der Waals surface area contributed by atoms with Gasteiger partial charge in [0.2, 0.25) is 5.88 Å². The molecule has 0 saturated heterocycles. The lowest BCUT2D eigenvalue weighted by Gasteiger charge is -2.16. The van der Waals surface area contributed by atoms with E-state index in [2.05, 4.69) is 4.74 Å². The highest BCUT2D eigenvalue weighted by Crippen LogP contribution is 2.33. The molecular formula is C15H12F3NO5. The molecule has 0 fully saturated rings. The number of hydrogen-bond donors (Lipinski definition) is 2. The number of carbonyl (C=O) groups excluding carboxylic acids is 1. The molecule has 1 aromatic heterocycles. The Morgan fingerprint density at radius 1 is 1.25 bits per heavy atom. The predicted octanol–water partition coefficient (Wildman–Crippen LogP) is 2.11. The molecule has 128 valence electrons. The third-order valence-corrected chi connectivity index (χ3v) is 3.30. The third-order valence-electron chi connectivity index (χ3n) is 3.30. The molecular weight excluding hydrogens is 331 g/mol. The smallest absolute Gasteiger partial charge is 0.416 e. The van der Waals surface area contributed by atoms with Crippen LogP contribution in [0.4, 0.5) is 13.2 Å². The zero-order valence-electron chi connectivity index (χ0n) is 12.3. The molecule has 0 bridgehead atoms. The van der Waals surface area contributed by atoms with Crippen LogP contribution < -0.4 is 5.56 Å². The Morgan fingerprint density at radius 3 is 2.46 bits per heavy atom. The molecule has 2 aromatic rings. The number of nitrogens with zero attached hydrogens (tertiary/aromatic N) is 1. The first-order valence-corrected chi connectivity index (χ1v) is 6.56. The minimum absolute atomic E-state index is 0.288. The Kier molecular flexibility index (Phi) is 4.54. The summed E-state index contributed by atoms with van der Waals surface area (Å²) in [7, 11) is 0.982. The lowest BCUT2D eigenvalue weighted by molar-refractivity contribution is -0.138. The first-order chi connectivity index (χ1) is 11.2. The number of aromatic hydroxyl groups is 2. The van der Waals surface area contributed by atoms with E-state index in [9.17, 15) is 33.0 Å². The van der Waals surface area contributed by atoms with Gasteiger partial charge >= 0.3 is 12.1 Å². The van der Waals surface area contributed by atoms with Crippen molar-refractivity contribution in [1.29, 1.82) is 0 Å². The van der Waals surface area contributed by atoms with Crippen LogP contribution in [-0.4, -0.2) is 27.9 Å². The number of benzene rings is 1. The van der Waals surface area contributed by atoms with Crippen molar-refractivity contribution in [2.75, 3.05) is 7.11 Å². The van der Waals surface area contributed by atoms with Crippen LogP contribution >= 0.6 is 0 Å². The van der Waals surface area contributed by atoms with Crippen LogP contribution in [0.2, 0.25) is 0 Å². The molecule has 1 heterocycles. The molecule has 0 saturated carbocycles. The Bertz CT molecular complexity index is 842. The molecule has 0 amide bonds. The summed E-state index contributed by atoms with van der Waals surface area (Å²) in [5.74, 6) is -2.95. The summed E-state index contributed by atoms with van der Waals surface area (Å²) in [6.45, 7) is -0.648. The predicted molar refractivity (Wildman–Crippen MR) is 75.9 cm³/mol. The van der Waals surface area contributed by atoms with Gasteiger partial charge in [-0.1, -0.05) is 18.2 Å². The SMILES string of the molecule is COC(=O)c1c(O)cc(=O)n(Cc2ccccc2C(F)(F)F)c1O. The summed E-state index contributed by atoms with van der Waals surface area (Å²) in [4.78, 5) is 23.5. The van der Waals surface area contributed by atoms with Crippen molar-refractivity contribution < 1.29 is 32.9 Å². The minimum atomic E-state index is -4.65. The van der Waals surface area contributed by atoms with Crippen LogP contribution in [0.5, 0.6) is 11.6 Å². The molecule has 0 aliphatic rings.